The maximum atomic E-state index is 12.6. The lowest BCUT2D eigenvalue weighted by Crippen LogP contribution is -2.40. The molecule has 5 heteroatoms. The molecule has 1 aliphatic heterocycles. The maximum absolute atomic E-state index is 12.6. The molecule has 1 aromatic heterocycles. The molecular formula is C21H24ClN3O. The first-order valence-corrected chi connectivity index (χ1v) is 9.77. The third kappa shape index (κ3) is 3.48. The Labute approximate surface area is 159 Å². The fourth-order valence-corrected chi connectivity index (χ4v) is 4.61. The lowest BCUT2D eigenvalue weighted by molar-refractivity contribution is 0.0962. The van der Waals surface area contributed by atoms with Crippen molar-refractivity contribution in [2.24, 2.45) is 11.8 Å². The average molecular weight is 370 g/mol. The van der Waals surface area contributed by atoms with E-state index in [0.717, 1.165) is 36.7 Å². The molecule has 0 radical (unpaired) electrons. The molecule has 0 spiro atoms. The van der Waals surface area contributed by atoms with Gasteiger partial charge in [-0.05, 0) is 48.3 Å². The van der Waals surface area contributed by atoms with E-state index in [1.165, 1.54) is 6.42 Å². The highest BCUT2D eigenvalue weighted by Gasteiger charge is 2.30. The van der Waals surface area contributed by atoms with Gasteiger partial charge in [0.25, 0.3) is 0 Å². The molecule has 1 saturated heterocycles. The summed E-state index contributed by atoms with van der Waals surface area (Å²) in [6.07, 6.45) is 4.23. The third-order valence-electron chi connectivity index (χ3n) is 5.50. The molecule has 1 aromatic carbocycles. The molecule has 1 fully saturated rings. The molecule has 0 N–H and O–H groups in total. The van der Waals surface area contributed by atoms with E-state index < -0.39 is 0 Å². The summed E-state index contributed by atoms with van der Waals surface area (Å²) in [5.41, 5.74) is 2.67. The normalized spacial score (nSPS) is 25.9. The zero-order valence-corrected chi connectivity index (χ0v) is 16.0. The predicted octanol–water partition coefficient (Wildman–Crippen LogP) is 4.53. The fraction of sp³-hybridized carbons (Fsp3) is 0.476. The first kappa shape index (κ1) is 17.5. The molecule has 0 unspecified atom stereocenters. The van der Waals surface area contributed by atoms with Crippen LogP contribution in [0.1, 0.15) is 54.2 Å². The lowest BCUT2D eigenvalue weighted by atomic mass is 9.82. The number of hydrogen-bond donors (Lipinski definition) is 0. The highest BCUT2D eigenvalue weighted by atomic mass is 35.5. The summed E-state index contributed by atoms with van der Waals surface area (Å²) in [7, 11) is 0. The van der Waals surface area contributed by atoms with Crippen LogP contribution in [0, 0.1) is 11.8 Å². The maximum Gasteiger partial charge on any atom is 0.225 e. The Balaban J connectivity index is 1.63. The molecule has 2 heterocycles. The molecule has 136 valence electrons. The van der Waals surface area contributed by atoms with Crippen LogP contribution in [0.15, 0.2) is 30.5 Å². The van der Waals surface area contributed by atoms with Crippen molar-refractivity contribution in [1.29, 1.82) is 0 Å². The molecular weight excluding hydrogens is 346 g/mol. The minimum Gasteiger partial charge on any atom is -0.340 e. The molecule has 3 atom stereocenters. The van der Waals surface area contributed by atoms with Crippen molar-refractivity contribution < 1.29 is 4.79 Å². The number of hydrogen-bond acceptors (Lipinski definition) is 4. The smallest absolute Gasteiger partial charge is 0.225 e. The summed E-state index contributed by atoms with van der Waals surface area (Å²) in [6, 6.07) is 7.81. The molecule has 2 aromatic rings. The first-order valence-electron chi connectivity index (χ1n) is 9.39. The van der Waals surface area contributed by atoms with Crippen LogP contribution in [0.25, 0.3) is 0 Å². The molecule has 4 rings (SSSR count). The Morgan fingerprint density at radius 1 is 1.15 bits per heavy atom. The van der Waals surface area contributed by atoms with Gasteiger partial charge in [-0.1, -0.05) is 37.6 Å². The van der Waals surface area contributed by atoms with Gasteiger partial charge >= 0.3 is 0 Å². The highest BCUT2D eigenvalue weighted by molar-refractivity contribution is 6.30. The number of carbonyl (C=O) groups is 1. The second-order valence-electron chi connectivity index (χ2n) is 7.96. The van der Waals surface area contributed by atoms with Crippen LogP contribution in [0.3, 0.4) is 0 Å². The van der Waals surface area contributed by atoms with E-state index in [-0.39, 0.29) is 11.7 Å². The number of rotatable bonds is 2. The zero-order chi connectivity index (χ0) is 18.3. The van der Waals surface area contributed by atoms with Crippen LogP contribution in [0.2, 0.25) is 5.02 Å². The van der Waals surface area contributed by atoms with Crippen molar-refractivity contribution in [3.63, 3.8) is 0 Å². The van der Waals surface area contributed by atoms with Gasteiger partial charge in [0.2, 0.25) is 5.95 Å². The number of anilines is 1. The van der Waals surface area contributed by atoms with Gasteiger partial charge in [-0.2, -0.15) is 0 Å². The van der Waals surface area contributed by atoms with Crippen molar-refractivity contribution >= 4 is 23.3 Å². The second-order valence-corrected chi connectivity index (χ2v) is 8.40. The van der Waals surface area contributed by atoms with Crippen LogP contribution in [-0.4, -0.2) is 28.8 Å². The second kappa shape index (κ2) is 6.99. The Kier molecular flexibility index (Phi) is 4.70. The van der Waals surface area contributed by atoms with E-state index in [4.69, 9.17) is 16.6 Å². The van der Waals surface area contributed by atoms with E-state index in [0.29, 0.717) is 28.8 Å². The van der Waals surface area contributed by atoms with E-state index in [2.05, 4.69) is 23.7 Å². The van der Waals surface area contributed by atoms with Crippen LogP contribution in [-0.2, 0) is 6.42 Å². The largest absolute Gasteiger partial charge is 0.340 e. The Morgan fingerprint density at radius 2 is 1.92 bits per heavy atom. The third-order valence-corrected chi connectivity index (χ3v) is 5.73. The highest BCUT2D eigenvalue weighted by Crippen LogP contribution is 2.34. The fourth-order valence-electron chi connectivity index (χ4n) is 4.41. The van der Waals surface area contributed by atoms with Gasteiger partial charge in [0, 0.05) is 30.7 Å². The van der Waals surface area contributed by atoms with Gasteiger partial charge < -0.3 is 4.90 Å². The summed E-state index contributed by atoms with van der Waals surface area (Å²) in [6.45, 7) is 6.52. The topological polar surface area (TPSA) is 46.1 Å². The SMILES string of the molecule is C[C@@H]1C[C@H](C)CN(c2ncc3c(n2)C[C@H](c2cccc(Cl)c2)CC3=O)C1. The summed E-state index contributed by atoms with van der Waals surface area (Å²) in [4.78, 5) is 24.2. The van der Waals surface area contributed by atoms with Crippen LogP contribution in [0.5, 0.6) is 0 Å². The van der Waals surface area contributed by atoms with Crippen LogP contribution < -0.4 is 4.90 Å². The van der Waals surface area contributed by atoms with Crippen molar-refractivity contribution in [3.05, 3.63) is 52.3 Å². The van der Waals surface area contributed by atoms with Crippen LogP contribution >= 0.6 is 11.6 Å². The number of nitrogens with zero attached hydrogens (tertiary/aromatic N) is 3. The number of benzene rings is 1. The number of aromatic nitrogens is 2. The minimum atomic E-state index is 0.128. The Morgan fingerprint density at radius 3 is 2.65 bits per heavy atom. The number of carbonyl (C=O) groups excluding carboxylic acids is 1. The van der Waals surface area contributed by atoms with E-state index in [1.807, 2.05) is 24.3 Å². The number of fused-ring (bicyclic) bond motifs is 1. The number of halogens is 1. The van der Waals surface area contributed by atoms with Crippen molar-refractivity contribution in [2.45, 2.75) is 39.0 Å². The average Bonchev–Trinajstić information content (AvgIpc) is 2.60. The number of piperidine rings is 1. The van der Waals surface area contributed by atoms with Gasteiger partial charge in [0.05, 0.1) is 11.3 Å². The molecule has 0 amide bonds. The standard InChI is InChI=1S/C21H24ClN3O/c1-13-6-14(2)12-25(11-13)21-23-10-18-19(24-21)8-16(9-20(18)26)15-4-3-5-17(22)7-15/h3-5,7,10,13-14,16H,6,8-9,11-12H2,1-2H3/t13-,14+,16-/m0/s1. The van der Waals surface area contributed by atoms with Crippen molar-refractivity contribution in [1.82, 2.24) is 9.97 Å². The zero-order valence-electron chi connectivity index (χ0n) is 15.3. The number of ketones is 1. The van der Waals surface area contributed by atoms with Gasteiger partial charge in [-0.25, -0.2) is 9.97 Å². The Hall–Kier alpha value is -1.94. The van der Waals surface area contributed by atoms with Crippen LogP contribution in [0.4, 0.5) is 5.95 Å². The summed E-state index contributed by atoms with van der Waals surface area (Å²) >= 11 is 6.14. The molecule has 0 bridgehead atoms. The van der Waals surface area contributed by atoms with E-state index in [1.54, 1.807) is 6.20 Å². The summed E-state index contributed by atoms with van der Waals surface area (Å²) in [5, 5.41) is 0.709. The van der Waals surface area contributed by atoms with Gasteiger partial charge in [0.15, 0.2) is 5.78 Å². The predicted molar refractivity (Wildman–Crippen MR) is 104 cm³/mol. The van der Waals surface area contributed by atoms with E-state index >= 15 is 0 Å². The van der Waals surface area contributed by atoms with Gasteiger partial charge in [0.1, 0.15) is 0 Å². The molecule has 26 heavy (non-hydrogen) atoms. The molecule has 4 nitrogen and oxygen atoms in total. The molecule has 1 aliphatic carbocycles. The van der Waals surface area contributed by atoms with Crippen molar-refractivity contribution in [2.75, 3.05) is 18.0 Å². The number of Topliss-reactive ketones (excluding diaryl/α,β-unsaturated/α-hetero) is 1. The summed E-state index contributed by atoms with van der Waals surface area (Å²) < 4.78 is 0. The first-order chi connectivity index (χ1) is 12.5. The minimum absolute atomic E-state index is 0.128. The summed E-state index contributed by atoms with van der Waals surface area (Å²) in [5.74, 6) is 2.30. The van der Waals surface area contributed by atoms with Crippen molar-refractivity contribution in [3.8, 4) is 0 Å². The lowest BCUT2D eigenvalue weighted by Gasteiger charge is -2.35. The van der Waals surface area contributed by atoms with E-state index in [9.17, 15) is 4.79 Å². The van der Waals surface area contributed by atoms with Gasteiger partial charge in [-0.15, -0.1) is 0 Å². The Bertz CT molecular complexity index is 828. The quantitative estimate of drug-likeness (QED) is 0.780. The monoisotopic (exact) mass is 369 g/mol. The van der Waals surface area contributed by atoms with Gasteiger partial charge in [-0.3, -0.25) is 4.79 Å². The molecule has 2 aliphatic rings. The molecule has 0 saturated carbocycles.